The van der Waals surface area contributed by atoms with E-state index < -0.39 is 11.9 Å². The lowest BCUT2D eigenvalue weighted by atomic mass is 10.0. The van der Waals surface area contributed by atoms with Gasteiger partial charge in [0, 0.05) is 36.3 Å². The molecule has 0 saturated heterocycles. The number of aliphatic carboxylic acids is 1. The van der Waals surface area contributed by atoms with Crippen LogP contribution in [0.2, 0.25) is 0 Å². The highest BCUT2D eigenvalue weighted by Crippen LogP contribution is 2.27. The Kier molecular flexibility index (Phi) is 3.50. The lowest BCUT2D eigenvalue weighted by molar-refractivity contribution is -0.137. The molecule has 9 heteroatoms. The predicted molar refractivity (Wildman–Crippen MR) is 89.3 cm³/mol. The van der Waals surface area contributed by atoms with Crippen molar-refractivity contribution in [2.75, 3.05) is 0 Å². The van der Waals surface area contributed by atoms with Crippen LogP contribution in [0.15, 0.2) is 36.7 Å². The molecule has 0 fully saturated rings. The van der Waals surface area contributed by atoms with Gasteiger partial charge < -0.3 is 5.11 Å². The lowest BCUT2D eigenvalue weighted by Gasteiger charge is -2.04. The van der Waals surface area contributed by atoms with Gasteiger partial charge in [0.1, 0.15) is 12.2 Å². The fourth-order valence-electron chi connectivity index (χ4n) is 2.86. The van der Waals surface area contributed by atoms with Crippen LogP contribution >= 0.6 is 0 Å². The van der Waals surface area contributed by atoms with Crippen LogP contribution in [-0.2, 0) is 11.3 Å². The van der Waals surface area contributed by atoms with Crippen molar-refractivity contribution < 1.29 is 19.1 Å². The average Bonchev–Trinajstić information content (AvgIpc) is 3.13. The number of halogens is 1. The Hall–Kier alpha value is -3.62. The summed E-state index contributed by atoms with van der Waals surface area (Å²) in [6, 6.07) is 6.41. The summed E-state index contributed by atoms with van der Waals surface area (Å²) in [5.74, 6) is -1.94. The first-order valence-electron chi connectivity index (χ1n) is 7.67. The third kappa shape index (κ3) is 2.59. The first-order chi connectivity index (χ1) is 12.4. The van der Waals surface area contributed by atoms with Crippen molar-refractivity contribution >= 4 is 28.3 Å². The Morgan fingerprint density at radius 2 is 2.00 bits per heavy atom. The highest BCUT2D eigenvalue weighted by atomic mass is 19.1. The van der Waals surface area contributed by atoms with E-state index in [0.29, 0.717) is 22.1 Å². The topological polar surface area (TPSA) is 102 Å². The largest absolute Gasteiger partial charge is 0.480 e. The van der Waals surface area contributed by atoms with Crippen LogP contribution in [0.25, 0.3) is 27.7 Å². The molecule has 0 spiro atoms. The van der Waals surface area contributed by atoms with Crippen molar-refractivity contribution in [2.45, 2.75) is 13.5 Å². The minimum absolute atomic E-state index is 0.197. The van der Waals surface area contributed by atoms with Gasteiger partial charge in [-0.05, 0) is 17.7 Å². The van der Waals surface area contributed by atoms with Crippen molar-refractivity contribution in [3.8, 4) is 11.1 Å². The van der Waals surface area contributed by atoms with E-state index in [4.69, 9.17) is 5.11 Å². The standard InChI is InChI=1S/C17H12FN5O3/c1-9(24)17-12-4-10(2-3-13(12)22(21-17)8-16(25)26)11-6-19-15-5-14(18)20-23(15)7-11/h2-7H,8H2,1H3,(H,25,26). The SMILES string of the molecule is CC(=O)c1nn(CC(=O)O)c2ccc(-c3cnc4cc(F)nn4c3)cc12. The zero-order valence-corrected chi connectivity index (χ0v) is 13.5. The summed E-state index contributed by atoms with van der Waals surface area (Å²) in [5.41, 5.74) is 2.51. The van der Waals surface area contributed by atoms with E-state index in [2.05, 4.69) is 15.2 Å². The van der Waals surface area contributed by atoms with E-state index in [1.54, 1.807) is 30.6 Å². The molecule has 0 bridgehead atoms. The normalized spacial score (nSPS) is 11.3. The monoisotopic (exact) mass is 353 g/mol. The van der Waals surface area contributed by atoms with E-state index >= 15 is 0 Å². The highest BCUT2D eigenvalue weighted by Gasteiger charge is 2.17. The number of hydrogen-bond acceptors (Lipinski definition) is 5. The Morgan fingerprint density at radius 3 is 2.73 bits per heavy atom. The molecule has 3 aromatic heterocycles. The molecular formula is C17H12FN5O3. The summed E-state index contributed by atoms with van der Waals surface area (Å²) in [6.45, 7) is 1.03. The molecule has 130 valence electrons. The third-order valence-corrected chi connectivity index (χ3v) is 3.99. The summed E-state index contributed by atoms with van der Waals surface area (Å²) in [6.07, 6.45) is 3.20. The van der Waals surface area contributed by atoms with E-state index in [0.717, 1.165) is 5.56 Å². The number of carboxylic acids is 1. The van der Waals surface area contributed by atoms with Gasteiger partial charge in [0.05, 0.1) is 5.52 Å². The summed E-state index contributed by atoms with van der Waals surface area (Å²) < 4.78 is 15.9. The number of benzene rings is 1. The molecule has 0 unspecified atom stereocenters. The molecule has 0 aliphatic carbocycles. The van der Waals surface area contributed by atoms with Gasteiger partial charge in [-0.3, -0.25) is 14.3 Å². The second-order valence-electron chi connectivity index (χ2n) is 5.80. The minimum Gasteiger partial charge on any atom is -0.480 e. The smallest absolute Gasteiger partial charge is 0.325 e. The van der Waals surface area contributed by atoms with Gasteiger partial charge in [0.25, 0.3) is 0 Å². The van der Waals surface area contributed by atoms with Crippen molar-refractivity contribution in [3.05, 3.63) is 48.3 Å². The molecule has 8 nitrogen and oxygen atoms in total. The van der Waals surface area contributed by atoms with Gasteiger partial charge in [0.2, 0.25) is 5.95 Å². The summed E-state index contributed by atoms with van der Waals surface area (Å²) >= 11 is 0. The van der Waals surface area contributed by atoms with E-state index in [1.807, 2.05) is 0 Å². The molecule has 0 atom stereocenters. The van der Waals surface area contributed by atoms with Gasteiger partial charge in [-0.1, -0.05) is 6.07 Å². The number of nitrogens with zero attached hydrogens (tertiary/aromatic N) is 5. The van der Waals surface area contributed by atoms with Crippen LogP contribution in [-0.4, -0.2) is 41.2 Å². The van der Waals surface area contributed by atoms with E-state index in [9.17, 15) is 14.0 Å². The Morgan fingerprint density at radius 1 is 1.19 bits per heavy atom. The second kappa shape index (κ2) is 5.73. The number of ketones is 1. The average molecular weight is 353 g/mol. The van der Waals surface area contributed by atoms with Crippen LogP contribution in [0, 0.1) is 5.95 Å². The second-order valence-corrected chi connectivity index (χ2v) is 5.80. The minimum atomic E-state index is -1.05. The summed E-state index contributed by atoms with van der Waals surface area (Å²) in [7, 11) is 0. The Labute approximate surface area is 145 Å². The first-order valence-corrected chi connectivity index (χ1v) is 7.67. The fraction of sp³-hybridized carbons (Fsp3) is 0.118. The number of carbonyl (C=O) groups excluding carboxylic acids is 1. The van der Waals surface area contributed by atoms with Crippen LogP contribution in [0.3, 0.4) is 0 Å². The van der Waals surface area contributed by atoms with Gasteiger partial charge in [0.15, 0.2) is 11.4 Å². The third-order valence-electron chi connectivity index (χ3n) is 3.99. The maximum atomic E-state index is 13.2. The highest BCUT2D eigenvalue weighted by molar-refractivity contribution is 6.06. The molecule has 0 aliphatic heterocycles. The Balaban J connectivity index is 1.89. The maximum absolute atomic E-state index is 13.2. The molecule has 0 saturated carbocycles. The van der Waals surface area contributed by atoms with Crippen molar-refractivity contribution in [2.24, 2.45) is 0 Å². The lowest BCUT2D eigenvalue weighted by Crippen LogP contribution is -2.10. The van der Waals surface area contributed by atoms with Crippen molar-refractivity contribution in [1.82, 2.24) is 24.4 Å². The first kappa shape index (κ1) is 15.9. The number of rotatable bonds is 4. The van der Waals surface area contributed by atoms with Crippen molar-refractivity contribution in [1.29, 1.82) is 0 Å². The molecular weight excluding hydrogens is 341 g/mol. The Bertz CT molecular complexity index is 1190. The number of hydrogen-bond donors (Lipinski definition) is 1. The van der Waals surface area contributed by atoms with Crippen LogP contribution in [0.5, 0.6) is 0 Å². The molecule has 0 radical (unpaired) electrons. The zero-order chi connectivity index (χ0) is 18.4. The fourth-order valence-corrected chi connectivity index (χ4v) is 2.86. The van der Waals surface area contributed by atoms with Crippen LogP contribution in [0.1, 0.15) is 17.4 Å². The van der Waals surface area contributed by atoms with Gasteiger partial charge in [-0.15, -0.1) is 5.10 Å². The molecule has 26 heavy (non-hydrogen) atoms. The molecule has 1 aromatic carbocycles. The molecule has 4 rings (SSSR count). The summed E-state index contributed by atoms with van der Waals surface area (Å²) in [4.78, 5) is 27.1. The van der Waals surface area contributed by atoms with Crippen LogP contribution in [0.4, 0.5) is 4.39 Å². The molecule has 0 amide bonds. The molecule has 0 aliphatic rings. The van der Waals surface area contributed by atoms with E-state index in [-0.39, 0.29) is 18.0 Å². The van der Waals surface area contributed by atoms with Gasteiger partial charge >= 0.3 is 5.97 Å². The van der Waals surface area contributed by atoms with Gasteiger partial charge in [-0.2, -0.15) is 9.49 Å². The summed E-state index contributed by atoms with van der Waals surface area (Å²) in [5, 5.41) is 17.4. The number of carboxylic acid groups (broad SMARTS) is 1. The molecule has 4 aromatic rings. The predicted octanol–water partition coefficient (Wildman–Crippen LogP) is 2.17. The number of aromatic nitrogens is 5. The number of fused-ring (bicyclic) bond motifs is 2. The number of Topliss-reactive ketones (excluding diaryl/α,β-unsaturated/α-hetero) is 1. The van der Waals surface area contributed by atoms with Crippen molar-refractivity contribution in [3.63, 3.8) is 0 Å². The van der Waals surface area contributed by atoms with Gasteiger partial charge in [-0.25, -0.2) is 9.50 Å². The zero-order valence-electron chi connectivity index (χ0n) is 13.5. The maximum Gasteiger partial charge on any atom is 0.325 e. The quantitative estimate of drug-likeness (QED) is 0.564. The van der Waals surface area contributed by atoms with Crippen LogP contribution < -0.4 is 0 Å². The molecule has 1 N–H and O–H groups in total. The number of carbonyl (C=O) groups is 2. The molecule has 3 heterocycles. The van der Waals surface area contributed by atoms with E-state index in [1.165, 1.54) is 22.2 Å².